The number of hydrogen-bond donors (Lipinski definition) is 1. The van der Waals surface area contributed by atoms with Gasteiger partial charge in [-0.05, 0) is 104 Å². The van der Waals surface area contributed by atoms with Gasteiger partial charge in [-0.25, -0.2) is 0 Å². The molecule has 3 aliphatic rings. The predicted octanol–water partition coefficient (Wildman–Crippen LogP) is 6.54. The average molecular weight is 513 g/mol. The summed E-state index contributed by atoms with van der Waals surface area (Å²) in [5, 5.41) is 10.2. The minimum atomic E-state index is -0.168. The van der Waals surface area contributed by atoms with Gasteiger partial charge in [-0.3, -0.25) is 4.79 Å². The minimum absolute atomic E-state index is 0.0955. The Kier molecular flexibility index (Phi) is 6.76. The summed E-state index contributed by atoms with van der Waals surface area (Å²) in [6.07, 6.45) is 5.34. The highest BCUT2D eigenvalue weighted by atomic mass is 32.2. The van der Waals surface area contributed by atoms with E-state index in [9.17, 15) is 9.90 Å². The van der Waals surface area contributed by atoms with Gasteiger partial charge in [0.25, 0.3) is 5.91 Å². The van der Waals surface area contributed by atoms with E-state index < -0.39 is 0 Å². The molecule has 192 valence electrons. The van der Waals surface area contributed by atoms with E-state index in [1.54, 1.807) is 6.07 Å². The monoisotopic (exact) mass is 512 g/mol. The van der Waals surface area contributed by atoms with Crippen molar-refractivity contribution >= 4 is 17.7 Å². The van der Waals surface area contributed by atoms with Gasteiger partial charge >= 0.3 is 0 Å². The van der Waals surface area contributed by atoms with Crippen LogP contribution in [0.1, 0.15) is 65.7 Å². The molecule has 3 aromatic rings. The lowest BCUT2D eigenvalue weighted by atomic mass is 9.82. The highest BCUT2D eigenvalue weighted by Gasteiger charge is 2.56. The summed E-state index contributed by atoms with van der Waals surface area (Å²) in [5.41, 5.74) is 4.00. The fraction of sp³-hybridized carbons (Fsp3) is 0.406. The van der Waals surface area contributed by atoms with Crippen LogP contribution >= 0.6 is 11.8 Å². The van der Waals surface area contributed by atoms with Crippen molar-refractivity contribution < 1.29 is 9.90 Å². The first-order valence-corrected chi connectivity index (χ1v) is 14.7. The van der Waals surface area contributed by atoms with Gasteiger partial charge in [-0.2, -0.15) is 0 Å². The van der Waals surface area contributed by atoms with E-state index in [1.807, 2.05) is 54.2 Å². The molecule has 37 heavy (non-hydrogen) atoms. The van der Waals surface area contributed by atoms with Crippen LogP contribution < -0.4 is 0 Å². The second-order valence-electron chi connectivity index (χ2n) is 11.1. The third-order valence-electron chi connectivity index (χ3n) is 8.37. The van der Waals surface area contributed by atoms with Gasteiger partial charge in [-0.15, -0.1) is 11.8 Å². The van der Waals surface area contributed by atoms with Crippen molar-refractivity contribution in [2.45, 2.75) is 55.5 Å². The lowest BCUT2D eigenvalue weighted by molar-refractivity contribution is 0.0541. The maximum absolute atomic E-state index is 14.0. The molecular formula is C32H36N2O2S. The summed E-state index contributed by atoms with van der Waals surface area (Å²) in [5.74, 6) is 2.32. The van der Waals surface area contributed by atoms with Crippen LogP contribution in [0.5, 0.6) is 5.75 Å². The molecule has 1 spiro atoms. The highest BCUT2D eigenvalue weighted by Crippen LogP contribution is 2.55. The summed E-state index contributed by atoms with van der Waals surface area (Å²) in [6.45, 7) is 5.94. The second-order valence-corrected chi connectivity index (χ2v) is 12.2. The summed E-state index contributed by atoms with van der Waals surface area (Å²) in [6, 6.07) is 24.1. The first-order valence-electron chi connectivity index (χ1n) is 13.7. The van der Waals surface area contributed by atoms with E-state index in [0.717, 1.165) is 53.2 Å². The summed E-state index contributed by atoms with van der Waals surface area (Å²) in [7, 11) is 0. The maximum atomic E-state index is 14.0. The molecule has 2 atom stereocenters. The average Bonchev–Trinajstić information content (AvgIpc) is 3.53. The summed E-state index contributed by atoms with van der Waals surface area (Å²) >= 11 is 1.96. The van der Waals surface area contributed by atoms with Crippen LogP contribution in [-0.2, 0) is 6.42 Å². The van der Waals surface area contributed by atoms with Gasteiger partial charge in [-0.1, -0.05) is 43.3 Å². The first kappa shape index (κ1) is 24.6. The number of aromatic hydroxyl groups is 1. The van der Waals surface area contributed by atoms with Gasteiger partial charge < -0.3 is 14.9 Å². The van der Waals surface area contributed by atoms with Crippen molar-refractivity contribution in [3.05, 3.63) is 95.1 Å². The van der Waals surface area contributed by atoms with Crippen LogP contribution in [0.2, 0.25) is 0 Å². The van der Waals surface area contributed by atoms with Gasteiger partial charge in [0, 0.05) is 28.3 Å². The quantitative estimate of drug-likeness (QED) is 0.365. The molecule has 2 fully saturated rings. The second kappa shape index (κ2) is 10.2. The molecule has 1 N–H and O–H groups in total. The van der Waals surface area contributed by atoms with E-state index in [2.05, 4.69) is 41.0 Å². The Bertz CT molecular complexity index is 1260. The lowest BCUT2D eigenvalue weighted by Gasteiger charge is -2.44. The number of carbonyl (C=O) groups excluding carboxylic acids is 1. The molecule has 0 radical (unpaired) electrons. The molecule has 2 heterocycles. The number of phenolic OH excluding ortho intramolecular Hbond substituents is 1. The van der Waals surface area contributed by atoms with E-state index >= 15 is 0 Å². The summed E-state index contributed by atoms with van der Waals surface area (Å²) < 4.78 is 0. The van der Waals surface area contributed by atoms with Crippen molar-refractivity contribution in [2.24, 2.45) is 5.92 Å². The maximum Gasteiger partial charge on any atom is 0.255 e. The normalized spacial score (nSPS) is 22.2. The Morgan fingerprint density at radius 3 is 2.57 bits per heavy atom. The fourth-order valence-electron chi connectivity index (χ4n) is 6.34. The zero-order valence-corrected chi connectivity index (χ0v) is 22.4. The SMILES string of the molecule is CCCN1CCC(CSc2ccc(C3c4ccc(O)cc4CC4(CC4)N3C(=O)c3ccccc3)cc2)C1. The molecule has 6 rings (SSSR count). The van der Waals surface area contributed by atoms with Crippen LogP contribution in [0.3, 0.4) is 0 Å². The Morgan fingerprint density at radius 1 is 1.05 bits per heavy atom. The number of fused-ring (bicyclic) bond motifs is 1. The molecule has 2 aliphatic heterocycles. The number of hydrogen-bond acceptors (Lipinski definition) is 4. The fourth-order valence-corrected chi connectivity index (χ4v) is 7.37. The topological polar surface area (TPSA) is 43.8 Å². The highest BCUT2D eigenvalue weighted by molar-refractivity contribution is 7.99. The Labute approximate surface area is 224 Å². The van der Waals surface area contributed by atoms with Crippen molar-refractivity contribution in [1.82, 2.24) is 9.80 Å². The van der Waals surface area contributed by atoms with Crippen LogP contribution in [0.15, 0.2) is 77.7 Å². The van der Waals surface area contributed by atoms with Crippen LogP contribution in [0.25, 0.3) is 0 Å². The van der Waals surface area contributed by atoms with Crippen LogP contribution in [0, 0.1) is 5.92 Å². The Morgan fingerprint density at radius 2 is 1.84 bits per heavy atom. The number of amides is 1. The number of likely N-dealkylation sites (tertiary alicyclic amines) is 1. The number of thioether (sulfide) groups is 1. The van der Waals surface area contributed by atoms with Gasteiger partial charge in [0.05, 0.1) is 6.04 Å². The molecule has 0 bridgehead atoms. The molecule has 2 unspecified atom stereocenters. The Hall–Kier alpha value is -2.76. The Balaban J connectivity index is 1.28. The number of benzene rings is 3. The number of rotatable bonds is 7. The van der Waals surface area contributed by atoms with Crippen molar-refractivity contribution in [1.29, 1.82) is 0 Å². The molecule has 1 amide bonds. The smallest absolute Gasteiger partial charge is 0.255 e. The van der Waals surface area contributed by atoms with Crippen LogP contribution in [0.4, 0.5) is 0 Å². The summed E-state index contributed by atoms with van der Waals surface area (Å²) in [4.78, 5) is 20.0. The van der Waals surface area contributed by atoms with Crippen molar-refractivity contribution in [2.75, 3.05) is 25.4 Å². The van der Waals surface area contributed by atoms with Gasteiger partial charge in [0.15, 0.2) is 0 Å². The lowest BCUT2D eigenvalue weighted by Crippen LogP contribution is -2.49. The molecule has 5 heteroatoms. The zero-order valence-electron chi connectivity index (χ0n) is 21.6. The van der Waals surface area contributed by atoms with E-state index in [-0.39, 0.29) is 17.5 Å². The van der Waals surface area contributed by atoms with Crippen molar-refractivity contribution in [3.8, 4) is 5.75 Å². The van der Waals surface area contributed by atoms with Crippen molar-refractivity contribution in [3.63, 3.8) is 0 Å². The molecular weight excluding hydrogens is 476 g/mol. The first-order chi connectivity index (χ1) is 18.1. The molecule has 1 aliphatic carbocycles. The standard InChI is InChI=1S/C32H36N2O2S/c1-2-17-33-18-14-23(21-33)22-37-28-11-8-24(9-12-28)30-29-13-10-27(35)19-26(29)20-32(15-16-32)34(30)31(36)25-6-4-3-5-7-25/h3-13,19,23,30,35H,2,14-18,20-22H2,1H3. The third kappa shape index (κ3) is 4.92. The minimum Gasteiger partial charge on any atom is -0.508 e. The molecule has 3 aromatic carbocycles. The largest absolute Gasteiger partial charge is 0.508 e. The number of carbonyl (C=O) groups is 1. The van der Waals surface area contributed by atoms with E-state index in [4.69, 9.17) is 0 Å². The molecule has 0 aromatic heterocycles. The third-order valence-corrected chi connectivity index (χ3v) is 9.61. The van der Waals surface area contributed by atoms with Crippen LogP contribution in [-0.4, -0.2) is 51.7 Å². The molecule has 1 saturated heterocycles. The van der Waals surface area contributed by atoms with E-state index in [0.29, 0.717) is 5.75 Å². The van der Waals surface area contributed by atoms with Gasteiger partial charge in [0.1, 0.15) is 5.75 Å². The van der Waals surface area contributed by atoms with Gasteiger partial charge in [0.2, 0.25) is 0 Å². The van der Waals surface area contributed by atoms with E-state index in [1.165, 1.54) is 37.4 Å². The predicted molar refractivity (Wildman–Crippen MR) is 150 cm³/mol. The number of phenols is 1. The molecule has 4 nitrogen and oxygen atoms in total. The molecule has 1 saturated carbocycles. The number of nitrogens with zero attached hydrogens (tertiary/aromatic N) is 2. The zero-order chi connectivity index (χ0) is 25.4.